The first-order chi connectivity index (χ1) is 7.41. The van der Waals surface area contributed by atoms with E-state index in [9.17, 15) is 0 Å². The van der Waals surface area contributed by atoms with Crippen LogP contribution in [0.3, 0.4) is 0 Å². The van der Waals surface area contributed by atoms with E-state index >= 15 is 0 Å². The molecule has 0 radical (unpaired) electrons. The second-order valence-electron chi connectivity index (χ2n) is 6.96. The number of nitrogens with zero attached hydrogens (tertiary/aromatic N) is 2. The van der Waals surface area contributed by atoms with Crippen LogP contribution >= 0.6 is 0 Å². The molecule has 2 saturated heterocycles. The Labute approximate surface area is 101 Å². The van der Waals surface area contributed by atoms with Crippen molar-refractivity contribution in [3.05, 3.63) is 0 Å². The van der Waals surface area contributed by atoms with Gasteiger partial charge in [-0.25, -0.2) is 0 Å². The number of piperidine rings is 2. The fourth-order valence-corrected chi connectivity index (χ4v) is 3.24. The van der Waals surface area contributed by atoms with E-state index in [4.69, 9.17) is 0 Å². The first-order valence-electron chi connectivity index (χ1n) is 6.85. The molecule has 0 atom stereocenters. The standard InChI is InChI=1S/C14H28N2/c1-13(2,3)16-11-7-14(8-12-16)5-9-15(4)10-6-14/h5-12H2,1-4H3. The maximum absolute atomic E-state index is 2.66. The predicted molar refractivity (Wildman–Crippen MR) is 69.7 cm³/mol. The number of hydrogen-bond donors (Lipinski definition) is 0. The van der Waals surface area contributed by atoms with E-state index in [2.05, 4.69) is 37.6 Å². The molecule has 0 N–H and O–H groups in total. The van der Waals surface area contributed by atoms with Crippen molar-refractivity contribution in [3.63, 3.8) is 0 Å². The van der Waals surface area contributed by atoms with Gasteiger partial charge in [0.2, 0.25) is 0 Å². The second kappa shape index (κ2) is 4.30. The summed E-state index contributed by atoms with van der Waals surface area (Å²) in [5.41, 5.74) is 1.07. The fraction of sp³-hybridized carbons (Fsp3) is 1.00. The van der Waals surface area contributed by atoms with Gasteiger partial charge in [0.05, 0.1) is 0 Å². The van der Waals surface area contributed by atoms with Crippen molar-refractivity contribution in [1.29, 1.82) is 0 Å². The topological polar surface area (TPSA) is 6.48 Å². The maximum Gasteiger partial charge on any atom is 0.0125 e. The summed E-state index contributed by atoms with van der Waals surface area (Å²) in [5, 5.41) is 0. The van der Waals surface area contributed by atoms with Crippen molar-refractivity contribution in [2.75, 3.05) is 33.2 Å². The minimum Gasteiger partial charge on any atom is -0.306 e. The Morgan fingerprint density at radius 3 is 1.69 bits per heavy atom. The van der Waals surface area contributed by atoms with Crippen molar-refractivity contribution < 1.29 is 0 Å². The van der Waals surface area contributed by atoms with Crippen molar-refractivity contribution >= 4 is 0 Å². The van der Waals surface area contributed by atoms with Gasteiger partial charge in [0, 0.05) is 5.54 Å². The van der Waals surface area contributed by atoms with Crippen LogP contribution in [0, 0.1) is 5.41 Å². The number of likely N-dealkylation sites (tertiary alicyclic amines) is 2. The molecule has 2 aliphatic rings. The molecule has 2 nitrogen and oxygen atoms in total. The molecule has 0 aromatic rings. The third kappa shape index (κ3) is 2.60. The van der Waals surface area contributed by atoms with Crippen LogP contribution in [-0.4, -0.2) is 48.6 Å². The Hall–Kier alpha value is -0.0800. The molecular weight excluding hydrogens is 196 g/mol. The summed E-state index contributed by atoms with van der Waals surface area (Å²) in [6.07, 6.45) is 5.72. The lowest BCUT2D eigenvalue weighted by Crippen LogP contribution is -2.51. The van der Waals surface area contributed by atoms with Crippen LogP contribution in [0.1, 0.15) is 46.5 Å². The minimum absolute atomic E-state index is 0.368. The molecule has 2 heteroatoms. The van der Waals surface area contributed by atoms with E-state index in [0.717, 1.165) is 0 Å². The summed E-state index contributed by atoms with van der Waals surface area (Å²) in [6.45, 7) is 12.3. The molecule has 0 aliphatic carbocycles. The molecular formula is C14H28N2. The van der Waals surface area contributed by atoms with Crippen LogP contribution < -0.4 is 0 Å². The first kappa shape index (κ1) is 12.4. The third-order valence-corrected chi connectivity index (χ3v) is 4.82. The Kier molecular flexibility index (Phi) is 3.33. The molecule has 2 aliphatic heterocycles. The van der Waals surface area contributed by atoms with Gasteiger partial charge in [-0.2, -0.15) is 0 Å². The van der Waals surface area contributed by atoms with Gasteiger partial charge in [-0.1, -0.05) is 0 Å². The molecule has 94 valence electrons. The lowest BCUT2D eigenvalue weighted by molar-refractivity contribution is 0.00814. The SMILES string of the molecule is CN1CCC2(CC1)CCN(C(C)(C)C)CC2. The van der Waals surface area contributed by atoms with E-state index in [1.807, 2.05) is 0 Å². The third-order valence-electron chi connectivity index (χ3n) is 4.82. The molecule has 1 spiro atoms. The lowest BCUT2D eigenvalue weighted by Gasteiger charge is -2.49. The zero-order chi connectivity index (χ0) is 11.8. The monoisotopic (exact) mass is 224 g/mol. The van der Waals surface area contributed by atoms with Crippen molar-refractivity contribution in [2.45, 2.75) is 52.0 Å². The average Bonchev–Trinajstić information content (AvgIpc) is 2.22. The highest BCUT2D eigenvalue weighted by atomic mass is 15.2. The smallest absolute Gasteiger partial charge is 0.0125 e. The molecule has 2 fully saturated rings. The molecule has 0 unspecified atom stereocenters. The first-order valence-corrected chi connectivity index (χ1v) is 6.85. The van der Waals surface area contributed by atoms with Crippen LogP contribution in [-0.2, 0) is 0 Å². The van der Waals surface area contributed by atoms with Gasteiger partial charge >= 0.3 is 0 Å². The molecule has 2 rings (SSSR count). The van der Waals surface area contributed by atoms with Gasteiger partial charge in [-0.15, -0.1) is 0 Å². The molecule has 0 aromatic carbocycles. The highest BCUT2D eigenvalue weighted by molar-refractivity contribution is 4.92. The number of rotatable bonds is 0. The summed E-state index contributed by atoms with van der Waals surface area (Å²) in [7, 11) is 2.26. The highest BCUT2D eigenvalue weighted by Gasteiger charge is 2.38. The zero-order valence-electron chi connectivity index (χ0n) is 11.6. The van der Waals surface area contributed by atoms with Crippen LogP contribution in [0.5, 0.6) is 0 Å². The second-order valence-corrected chi connectivity index (χ2v) is 6.96. The lowest BCUT2D eigenvalue weighted by atomic mass is 9.71. The van der Waals surface area contributed by atoms with Gasteiger partial charge < -0.3 is 4.90 Å². The molecule has 0 saturated carbocycles. The van der Waals surface area contributed by atoms with Gasteiger partial charge in [0.15, 0.2) is 0 Å². The predicted octanol–water partition coefficient (Wildman–Crippen LogP) is 2.59. The van der Waals surface area contributed by atoms with Gasteiger partial charge in [0.1, 0.15) is 0 Å². The Morgan fingerprint density at radius 2 is 1.25 bits per heavy atom. The Morgan fingerprint density at radius 1 is 0.812 bits per heavy atom. The summed E-state index contributed by atoms with van der Waals surface area (Å²) < 4.78 is 0. The van der Waals surface area contributed by atoms with E-state index < -0.39 is 0 Å². The van der Waals surface area contributed by atoms with Crippen molar-refractivity contribution in [2.24, 2.45) is 5.41 Å². The highest BCUT2D eigenvalue weighted by Crippen LogP contribution is 2.42. The minimum atomic E-state index is 0.368. The quantitative estimate of drug-likeness (QED) is 0.624. The summed E-state index contributed by atoms with van der Waals surface area (Å²) >= 11 is 0. The van der Waals surface area contributed by atoms with Gasteiger partial charge in [0.25, 0.3) is 0 Å². The Balaban J connectivity index is 1.89. The molecule has 2 heterocycles. The van der Waals surface area contributed by atoms with Gasteiger partial charge in [-0.3, -0.25) is 4.90 Å². The van der Waals surface area contributed by atoms with Crippen LogP contribution in [0.15, 0.2) is 0 Å². The Bertz CT molecular complexity index is 224. The van der Waals surface area contributed by atoms with Gasteiger partial charge in [-0.05, 0) is 85.1 Å². The summed E-state index contributed by atoms with van der Waals surface area (Å²) in [5.74, 6) is 0. The van der Waals surface area contributed by atoms with Crippen LogP contribution in [0.25, 0.3) is 0 Å². The summed E-state index contributed by atoms with van der Waals surface area (Å²) in [4.78, 5) is 5.15. The van der Waals surface area contributed by atoms with Crippen LogP contribution in [0.2, 0.25) is 0 Å². The van der Waals surface area contributed by atoms with Crippen molar-refractivity contribution in [3.8, 4) is 0 Å². The average molecular weight is 224 g/mol. The van der Waals surface area contributed by atoms with E-state index in [1.54, 1.807) is 0 Å². The van der Waals surface area contributed by atoms with E-state index in [-0.39, 0.29) is 0 Å². The summed E-state index contributed by atoms with van der Waals surface area (Å²) in [6, 6.07) is 0. The normalized spacial score (nSPS) is 28.5. The molecule has 0 bridgehead atoms. The van der Waals surface area contributed by atoms with E-state index in [0.29, 0.717) is 11.0 Å². The van der Waals surface area contributed by atoms with Crippen LogP contribution in [0.4, 0.5) is 0 Å². The molecule has 0 amide bonds. The maximum atomic E-state index is 2.66. The van der Waals surface area contributed by atoms with E-state index in [1.165, 1.54) is 51.9 Å². The zero-order valence-corrected chi connectivity index (χ0v) is 11.6. The fourth-order valence-electron chi connectivity index (χ4n) is 3.24. The number of hydrogen-bond acceptors (Lipinski definition) is 2. The largest absolute Gasteiger partial charge is 0.306 e. The molecule has 16 heavy (non-hydrogen) atoms. The van der Waals surface area contributed by atoms with Crippen molar-refractivity contribution in [1.82, 2.24) is 9.80 Å². The molecule has 0 aromatic heterocycles.